The molecular formula is C23H19N3OS. The maximum Gasteiger partial charge on any atom is 0.132 e. The smallest absolute Gasteiger partial charge is 0.132 e. The summed E-state index contributed by atoms with van der Waals surface area (Å²) in [6.45, 7) is 0.699. The van der Waals surface area contributed by atoms with Crippen LogP contribution in [0.1, 0.15) is 11.1 Å². The van der Waals surface area contributed by atoms with E-state index in [-0.39, 0.29) is 0 Å². The van der Waals surface area contributed by atoms with Crippen molar-refractivity contribution in [3.8, 4) is 22.9 Å². The van der Waals surface area contributed by atoms with Gasteiger partial charge in [0.25, 0.3) is 0 Å². The van der Waals surface area contributed by atoms with Crippen LogP contribution in [-0.2, 0) is 6.54 Å². The predicted molar refractivity (Wildman–Crippen MR) is 114 cm³/mol. The third-order valence-corrected chi connectivity index (χ3v) is 5.54. The van der Waals surface area contributed by atoms with Gasteiger partial charge in [0.05, 0.1) is 36.1 Å². The lowest BCUT2D eigenvalue weighted by molar-refractivity contribution is 0.405. The molecule has 0 radical (unpaired) electrons. The molecule has 4 aromatic rings. The Bertz CT molecular complexity index is 1190. The number of para-hydroxylation sites is 2. The monoisotopic (exact) mass is 385 g/mol. The van der Waals surface area contributed by atoms with E-state index in [1.165, 1.54) is 0 Å². The van der Waals surface area contributed by atoms with Crippen molar-refractivity contribution in [2.24, 2.45) is 0 Å². The van der Waals surface area contributed by atoms with E-state index in [1.54, 1.807) is 18.9 Å². The molecule has 0 unspecified atom stereocenters. The van der Waals surface area contributed by atoms with Crippen molar-refractivity contribution in [3.63, 3.8) is 0 Å². The van der Waals surface area contributed by atoms with E-state index >= 15 is 0 Å². The molecular weight excluding hydrogens is 366 g/mol. The Kier molecular flexibility index (Phi) is 5.05. The summed E-state index contributed by atoms with van der Waals surface area (Å²) in [5.41, 5.74) is 5.82. The summed E-state index contributed by atoms with van der Waals surface area (Å²) >= 11 is 1.63. The number of fused-ring (bicyclic) bond motifs is 1. The average molecular weight is 385 g/mol. The van der Waals surface area contributed by atoms with Crippen LogP contribution in [0.2, 0.25) is 0 Å². The van der Waals surface area contributed by atoms with Gasteiger partial charge < -0.3 is 9.30 Å². The van der Waals surface area contributed by atoms with Crippen LogP contribution in [0, 0.1) is 11.3 Å². The molecule has 0 saturated carbocycles. The summed E-state index contributed by atoms with van der Waals surface area (Å²) in [6, 6.07) is 22.5. The molecule has 0 aliphatic carbocycles. The lowest BCUT2D eigenvalue weighted by Gasteiger charge is -2.12. The van der Waals surface area contributed by atoms with Gasteiger partial charge in [0.15, 0.2) is 0 Å². The zero-order valence-electron chi connectivity index (χ0n) is 15.7. The van der Waals surface area contributed by atoms with Gasteiger partial charge in [-0.05, 0) is 59.3 Å². The zero-order chi connectivity index (χ0) is 19.5. The molecule has 0 atom stereocenters. The van der Waals surface area contributed by atoms with Crippen molar-refractivity contribution in [1.29, 1.82) is 5.26 Å². The van der Waals surface area contributed by atoms with E-state index in [2.05, 4.69) is 33.8 Å². The number of nitrogens with zero attached hydrogens (tertiary/aromatic N) is 3. The Hall–Kier alpha value is -3.23. The highest BCUT2D eigenvalue weighted by Crippen LogP contribution is 2.34. The molecule has 3 aromatic carbocycles. The number of ether oxygens (including phenoxy) is 1. The van der Waals surface area contributed by atoms with Gasteiger partial charge in [-0.3, -0.25) is 0 Å². The molecule has 0 bridgehead atoms. The lowest BCUT2D eigenvalue weighted by Crippen LogP contribution is -1.99. The van der Waals surface area contributed by atoms with Crippen molar-refractivity contribution in [2.45, 2.75) is 11.4 Å². The summed E-state index contributed by atoms with van der Waals surface area (Å²) in [4.78, 5) is 5.52. The van der Waals surface area contributed by atoms with Gasteiger partial charge >= 0.3 is 0 Å². The first-order valence-electron chi connectivity index (χ1n) is 8.89. The molecule has 5 heteroatoms. The standard InChI is InChI=1S/C23H19N3OS/c1-27-22-10-9-17(12-23(22)28-2)19-11-16(7-8-18(19)13-24)14-26-15-25-20-5-3-4-6-21(20)26/h3-12,15H,14H2,1-2H3. The first-order valence-corrected chi connectivity index (χ1v) is 10.1. The van der Waals surface area contributed by atoms with Gasteiger partial charge in [-0.15, -0.1) is 11.8 Å². The molecule has 1 heterocycles. The Labute approximate surface area is 168 Å². The highest BCUT2D eigenvalue weighted by Gasteiger charge is 2.11. The number of methoxy groups -OCH3 is 1. The molecule has 0 fully saturated rings. The first-order chi connectivity index (χ1) is 13.7. The van der Waals surface area contributed by atoms with Crippen molar-refractivity contribution in [1.82, 2.24) is 9.55 Å². The highest BCUT2D eigenvalue weighted by atomic mass is 32.2. The first kappa shape index (κ1) is 18.1. The number of hydrogen-bond donors (Lipinski definition) is 0. The number of aromatic nitrogens is 2. The molecule has 0 aliphatic heterocycles. The van der Waals surface area contributed by atoms with Crippen LogP contribution in [0.3, 0.4) is 0 Å². The van der Waals surface area contributed by atoms with Crippen LogP contribution in [0.5, 0.6) is 5.75 Å². The summed E-state index contributed by atoms with van der Waals surface area (Å²) in [5, 5.41) is 9.60. The fraction of sp³-hybridized carbons (Fsp3) is 0.130. The van der Waals surface area contributed by atoms with Crippen LogP contribution >= 0.6 is 11.8 Å². The average Bonchev–Trinajstić information content (AvgIpc) is 3.16. The number of nitriles is 1. The Morgan fingerprint density at radius 1 is 1.11 bits per heavy atom. The third kappa shape index (κ3) is 3.35. The molecule has 0 saturated heterocycles. The van der Waals surface area contributed by atoms with Crippen molar-refractivity contribution >= 4 is 22.8 Å². The maximum absolute atomic E-state index is 9.60. The number of rotatable bonds is 5. The molecule has 0 N–H and O–H groups in total. The van der Waals surface area contributed by atoms with E-state index in [4.69, 9.17) is 4.74 Å². The van der Waals surface area contributed by atoms with Gasteiger partial charge in [0, 0.05) is 11.4 Å². The van der Waals surface area contributed by atoms with Gasteiger partial charge in [-0.1, -0.05) is 24.3 Å². The fourth-order valence-corrected chi connectivity index (χ4v) is 3.96. The van der Waals surface area contributed by atoms with Crippen LogP contribution < -0.4 is 4.74 Å². The Balaban J connectivity index is 1.75. The largest absolute Gasteiger partial charge is 0.496 e. The molecule has 138 valence electrons. The quantitative estimate of drug-likeness (QED) is 0.434. The maximum atomic E-state index is 9.60. The second kappa shape index (κ2) is 7.79. The lowest BCUT2D eigenvalue weighted by atomic mass is 9.97. The van der Waals surface area contributed by atoms with E-state index in [0.717, 1.165) is 38.4 Å². The molecule has 1 aromatic heterocycles. The summed E-state index contributed by atoms with van der Waals surface area (Å²) in [6.07, 6.45) is 3.88. The minimum absolute atomic E-state index is 0.663. The molecule has 4 rings (SSSR count). The Morgan fingerprint density at radius 2 is 1.96 bits per heavy atom. The molecule has 0 aliphatic rings. The van der Waals surface area contributed by atoms with Crippen molar-refractivity contribution in [2.75, 3.05) is 13.4 Å². The molecule has 0 amide bonds. The molecule has 0 spiro atoms. The second-order valence-electron chi connectivity index (χ2n) is 6.42. The van der Waals surface area contributed by atoms with E-state index in [0.29, 0.717) is 12.1 Å². The summed E-state index contributed by atoms with van der Waals surface area (Å²) < 4.78 is 7.55. The van der Waals surface area contributed by atoms with Crippen LogP contribution in [0.4, 0.5) is 0 Å². The van der Waals surface area contributed by atoms with Gasteiger partial charge in [-0.2, -0.15) is 5.26 Å². The van der Waals surface area contributed by atoms with Crippen molar-refractivity contribution < 1.29 is 4.74 Å². The predicted octanol–water partition coefficient (Wildman–Crippen LogP) is 5.35. The highest BCUT2D eigenvalue weighted by molar-refractivity contribution is 7.98. The molecule has 28 heavy (non-hydrogen) atoms. The van der Waals surface area contributed by atoms with Gasteiger partial charge in [-0.25, -0.2) is 4.98 Å². The number of imidazole rings is 1. The second-order valence-corrected chi connectivity index (χ2v) is 7.27. The minimum atomic E-state index is 0.663. The van der Waals surface area contributed by atoms with Crippen molar-refractivity contribution in [3.05, 3.63) is 78.1 Å². The molecule has 4 nitrogen and oxygen atoms in total. The van der Waals surface area contributed by atoms with Crippen LogP contribution in [0.15, 0.2) is 71.9 Å². The normalized spacial score (nSPS) is 10.8. The summed E-state index contributed by atoms with van der Waals surface area (Å²) in [5.74, 6) is 0.843. The third-order valence-electron chi connectivity index (χ3n) is 4.78. The SMILES string of the molecule is COc1ccc(-c2cc(Cn3cnc4ccccc43)ccc2C#N)cc1SC. The fourth-order valence-electron chi connectivity index (χ4n) is 3.36. The number of thioether (sulfide) groups is 1. The Morgan fingerprint density at radius 3 is 2.75 bits per heavy atom. The number of benzene rings is 3. The van der Waals surface area contributed by atoms with Crippen LogP contribution in [0.25, 0.3) is 22.2 Å². The van der Waals surface area contributed by atoms with E-state index in [9.17, 15) is 5.26 Å². The van der Waals surface area contributed by atoms with E-state index in [1.807, 2.05) is 55.0 Å². The van der Waals surface area contributed by atoms with Gasteiger partial charge in [0.2, 0.25) is 0 Å². The van der Waals surface area contributed by atoms with Gasteiger partial charge in [0.1, 0.15) is 5.75 Å². The van der Waals surface area contributed by atoms with E-state index < -0.39 is 0 Å². The van der Waals surface area contributed by atoms with Crippen LogP contribution in [-0.4, -0.2) is 22.9 Å². The summed E-state index contributed by atoms with van der Waals surface area (Å²) in [7, 11) is 1.67. The topological polar surface area (TPSA) is 50.8 Å². The minimum Gasteiger partial charge on any atom is -0.496 e. The number of hydrogen-bond acceptors (Lipinski definition) is 4. The zero-order valence-corrected chi connectivity index (χ0v) is 16.5.